The second-order valence-corrected chi connectivity index (χ2v) is 4.47. The number of anilines is 1. The van der Waals surface area contributed by atoms with E-state index in [2.05, 4.69) is 4.98 Å². The SMILES string of the molecule is Cc1cnc(N2CC(C)(O)C2)c([N+](=O)[O-])c1. The van der Waals surface area contributed by atoms with Crippen LogP contribution in [-0.2, 0) is 0 Å². The van der Waals surface area contributed by atoms with Gasteiger partial charge >= 0.3 is 5.69 Å². The highest BCUT2D eigenvalue weighted by Gasteiger charge is 2.40. The smallest absolute Gasteiger partial charge is 0.311 e. The van der Waals surface area contributed by atoms with Crippen molar-refractivity contribution in [2.45, 2.75) is 19.4 Å². The van der Waals surface area contributed by atoms with Gasteiger partial charge in [-0.3, -0.25) is 10.1 Å². The van der Waals surface area contributed by atoms with Gasteiger partial charge in [-0.05, 0) is 19.4 Å². The Kier molecular flexibility index (Phi) is 2.31. The summed E-state index contributed by atoms with van der Waals surface area (Å²) in [5, 5.41) is 20.4. The monoisotopic (exact) mass is 223 g/mol. The number of hydrogen-bond donors (Lipinski definition) is 1. The van der Waals surface area contributed by atoms with Gasteiger partial charge in [-0.1, -0.05) is 0 Å². The molecule has 1 saturated heterocycles. The van der Waals surface area contributed by atoms with Crippen LogP contribution < -0.4 is 4.90 Å². The van der Waals surface area contributed by atoms with Crippen molar-refractivity contribution in [3.05, 3.63) is 27.9 Å². The van der Waals surface area contributed by atoms with Crippen molar-refractivity contribution in [3.63, 3.8) is 0 Å². The zero-order chi connectivity index (χ0) is 11.9. The van der Waals surface area contributed by atoms with Gasteiger partial charge in [-0.2, -0.15) is 0 Å². The van der Waals surface area contributed by atoms with Crippen LogP contribution in [0.1, 0.15) is 12.5 Å². The number of β-amino-alcohol motifs (C(OH)–C–C–N with tert-alkyl or cyclic N) is 1. The molecule has 0 amide bonds. The molecule has 0 aromatic carbocycles. The molecule has 0 bridgehead atoms. The summed E-state index contributed by atoms with van der Waals surface area (Å²) in [5.74, 6) is 0.335. The number of nitro groups is 1. The van der Waals surface area contributed by atoms with Gasteiger partial charge in [-0.15, -0.1) is 0 Å². The molecule has 16 heavy (non-hydrogen) atoms. The van der Waals surface area contributed by atoms with Crippen molar-refractivity contribution in [1.82, 2.24) is 4.98 Å². The third-order valence-corrected chi connectivity index (χ3v) is 2.54. The van der Waals surface area contributed by atoms with Crippen molar-refractivity contribution in [2.24, 2.45) is 0 Å². The summed E-state index contributed by atoms with van der Waals surface area (Å²) in [6.07, 6.45) is 1.59. The van der Waals surface area contributed by atoms with Crippen molar-refractivity contribution in [1.29, 1.82) is 0 Å². The highest BCUT2D eigenvalue weighted by atomic mass is 16.6. The van der Waals surface area contributed by atoms with E-state index in [4.69, 9.17) is 0 Å². The molecular formula is C10H13N3O3. The zero-order valence-electron chi connectivity index (χ0n) is 9.17. The van der Waals surface area contributed by atoms with Gasteiger partial charge < -0.3 is 10.0 Å². The topological polar surface area (TPSA) is 79.5 Å². The highest BCUT2D eigenvalue weighted by Crippen LogP contribution is 2.32. The van der Waals surface area contributed by atoms with Gasteiger partial charge in [0.1, 0.15) is 0 Å². The van der Waals surface area contributed by atoms with Crippen molar-refractivity contribution < 1.29 is 10.0 Å². The lowest BCUT2D eigenvalue weighted by atomic mass is 9.97. The van der Waals surface area contributed by atoms with E-state index >= 15 is 0 Å². The van der Waals surface area contributed by atoms with Gasteiger partial charge in [0.15, 0.2) is 0 Å². The molecule has 6 heteroatoms. The van der Waals surface area contributed by atoms with Gasteiger partial charge in [0.05, 0.1) is 10.5 Å². The van der Waals surface area contributed by atoms with Crippen LogP contribution in [0.15, 0.2) is 12.3 Å². The zero-order valence-corrected chi connectivity index (χ0v) is 9.17. The molecule has 0 radical (unpaired) electrons. The Balaban J connectivity index is 2.31. The lowest BCUT2D eigenvalue weighted by Crippen LogP contribution is -2.60. The van der Waals surface area contributed by atoms with Crippen LogP contribution in [0.3, 0.4) is 0 Å². The summed E-state index contributed by atoms with van der Waals surface area (Å²) in [6.45, 7) is 4.22. The molecule has 1 N–H and O–H groups in total. The number of pyridine rings is 1. The Morgan fingerprint density at radius 3 is 2.75 bits per heavy atom. The van der Waals surface area contributed by atoms with E-state index in [-0.39, 0.29) is 5.69 Å². The summed E-state index contributed by atoms with van der Waals surface area (Å²) >= 11 is 0. The molecule has 6 nitrogen and oxygen atoms in total. The molecule has 0 atom stereocenters. The van der Waals surface area contributed by atoms with Crippen LogP contribution in [0.5, 0.6) is 0 Å². The summed E-state index contributed by atoms with van der Waals surface area (Å²) < 4.78 is 0. The number of aromatic nitrogens is 1. The summed E-state index contributed by atoms with van der Waals surface area (Å²) in [7, 11) is 0. The fraction of sp³-hybridized carbons (Fsp3) is 0.500. The number of aryl methyl sites for hydroxylation is 1. The van der Waals surface area contributed by atoms with Crippen LogP contribution in [0.4, 0.5) is 11.5 Å². The quantitative estimate of drug-likeness (QED) is 0.594. The average Bonchev–Trinajstić information content (AvgIpc) is 2.14. The van der Waals surface area contributed by atoms with Gasteiger partial charge in [0.25, 0.3) is 0 Å². The Hall–Kier alpha value is -1.69. The van der Waals surface area contributed by atoms with Gasteiger partial charge in [0, 0.05) is 25.4 Å². The predicted molar refractivity (Wildman–Crippen MR) is 58.5 cm³/mol. The molecule has 2 rings (SSSR count). The van der Waals surface area contributed by atoms with Crippen molar-refractivity contribution in [2.75, 3.05) is 18.0 Å². The standard InChI is InChI=1S/C10H13N3O3/c1-7-3-8(13(15)16)9(11-4-7)12-5-10(2,14)6-12/h3-4,14H,5-6H2,1-2H3. The lowest BCUT2D eigenvalue weighted by Gasteiger charge is -2.44. The Labute approximate surface area is 92.7 Å². The molecule has 0 saturated carbocycles. The van der Waals surface area contributed by atoms with E-state index < -0.39 is 10.5 Å². The molecule has 0 spiro atoms. The van der Waals surface area contributed by atoms with E-state index in [9.17, 15) is 15.2 Å². The first-order valence-electron chi connectivity index (χ1n) is 4.97. The summed E-state index contributed by atoms with van der Waals surface area (Å²) in [6, 6.07) is 1.50. The first-order chi connectivity index (χ1) is 7.39. The van der Waals surface area contributed by atoms with Crippen LogP contribution in [0.25, 0.3) is 0 Å². The average molecular weight is 223 g/mol. The molecule has 0 aliphatic carbocycles. The van der Waals surface area contributed by atoms with Gasteiger partial charge in [0.2, 0.25) is 5.82 Å². The molecule has 1 fully saturated rings. The maximum atomic E-state index is 10.9. The second kappa shape index (κ2) is 3.41. The van der Waals surface area contributed by atoms with E-state index in [1.54, 1.807) is 24.9 Å². The van der Waals surface area contributed by atoms with Crippen LogP contribution in [0.2, 0.25) is 0 Å². The van der Waals surface area contributed by atoms with Crippen molar-refractivity contribution >= 4 is 11.5 Å². The lowest BCUT2D eigenvalue weighted by molar-refractivity contribution is -0.384. The van der Waals surface area contributed by atoms with E-state index in [0.717, 1.165) is 5.56 Å². The minimum absolute atomic E-state index is 0.00417. The fourth-order valence-electron chi connectivity index (χ4n) is 1.85. The third-order valence-electron chi connectivity index (χ3n) is 2.54. The van der Waals surface area contributed by atoms with Gasteiger partial charge in [-0.25, -0.2) is 4.98 Å². The van der Waals surface area contributed by atoms with Crippen LogP contribution >= 0.6 is 0 Å². The third kappa shape index (κ3) is 1.83. The molecule has 86 valence electrons. The van der Waals surface area contributed by atoms with E-state index in [0.29, 0.717) is 18.9 Å². The molecule has 2 heterocycles. The van der Waals surface area contributed by atoms with E-state index in [1.807, 2.05) is 0 Å². The minimum Gasteiger partial charge on any atom is -0.386 e. The van der Waals surface area contributed by atoms with Crippen LogP contribution in [0, 0.1) is 17.0 Å². The van der Waals surface area contributed by atoms with E-state index in [1.165, 1.54) is 6.07 Å². The Bertz CT molecular complexity index is 437. The van der Waals surface area contributed by atoms with Crippen molar-refractivity contribution in [3.8, 4) is 0 Å². The first-order valence-corrected chi connectivity index (χ1v) is 4.97. The number of rotatable bonds is 2. The number of hydrogen-bond acceptors (Lipinski definition) is 5. The molecule has 1 aliphatic rings. The minimum atomic E-state index is -0.763. The summed E-state index contributed by atoms with van der Waals surface area (Å²) in [5.41, 5.74) is -0.0151. The Morgan fingerprint density at radius 1 is 1.62 bits per heavy atom. The normalized spacial score (nSPS) is 18.1. The van der Waals surface area contributed by atoms with Crippen LogP contribution in [-0.4, -0.2) is 33.7 Å². The second-order valence-electron chi connectivity index (χ2n) is 4.47. The molecule has 0 unspecified atom stereocenters. The molecular weight excluding hydrogens is 210 g/mol. The maximum Gasteiger partial charge on any atom is 0.311 e. The summed E-state index contributed by atoms with van der Waals surface area (Å²) in [4.78, 5) is 16.2. The predicted octanol–water partition coefficient (Wildman–Crippen LogP) is 0.869. The molecule has 1 aliphatic heterocycles. The fourth-order valence-corrected chi connectivity index (χ4v) is 1.85. The largest absolute Gasteiger partial charge is 0.386 e. The number of aliphatic hydroxyl groups is 1. The number of nitrogens with zero attached hydrogens (tertiary/aromatic N) is 3. The first kappa shape index (κ1) is 10.8. The highest BCUT2D eigenvalue weighted by molar-refractivity contribution is 5.60. The Morgan fingerprint density at radius 2 is 2.25 bits per heavy atom. The molecule has 1 aromatic heterocycles. The maximum absolute atomic E-state index is 10.9. The molecule has 1 aromatic rings.